The molecule has 3 N–H and O–H groups in total. The molecule has 2 aromatic rings. The number of carbonyl (C=O) groups is 1. The Hall–Kier alpha value is -2.20. The third kappa shape index (κ3) is 3.49. The van der Waals surface area contributed by atoms with Gasteiger partial charge in [-0.3, -0.25) is 4.79 Å². The van der Waals surface area contributed by atoms with Crippen molar-refractivity contribution in [1.29, 1.82) is 0 Å². The van der Waals surface area contributed by atoms with Gasteiger partial charge in [0.1, 0.15) is 0 Å². The van der Waals surface area contributed by atoms with E-state index in [2.05, 4.69) is 17.1 Å². The first-order valence-corrected chi connectivity index (χ1v) is 8.66. The van der Waals surface area contributed by atoms with Gasteiger partial charge in [0.25, 0.3) is 5.91 Å². The van der Waals surface area contributed by atoms with Gasteiger partial charge >= 0.3 is 0 Å². The molecule has 0 unspecified atom stereocenters. The van der Waals surface area contributed by atoms with Crippen LogP contribution in [0.5, 0.6) is 0 Å². The van der Waals surface area contributed by atoms with E-state index in [9.17, 15) is 4.79 Å². The van der Waals surface area contributed by atoms with Crippen molar-refractivity contribution in [3.05, 3.63) is 53.1 Å². The normalized spacial score (nSPS) is 17.6. The second-order valence-corrected chi connectivity index (χ2v) is 6.66. The Kier molecular flexibility index (Phi) is 4.95. The molecule has 126 valence electrons. The van der Waals surface area contributed by atoms with E-state index in [0.717, 1.165) is 30.8 Å². The van der Waals surface area contributed by atoms with E-state index in [4.69, 9.17) is 17.3 Å². The number of halogens is 1. The first-order chi connectivity index (χ1) is 11.6. The van der Waals surface area contributed by atoms with Crippen LogP contribution >= 0.6 is 11.6 Å². The highest BCUT2D eigenvalue weighted by Gasteiger charge is 2.22. The molecule has 1 aliphatic heterocycles. The fraction of sp³-hybridized carbons (Fsp3) is 0.316. The SMILES string of the molecule is C[C@H]1CCCCN1c1ccc(N)cc1NC(=O)c1ccccc1Cl. The van der Waals surface area contributed by atoms with E-state index >= 15 is 0 Å². The molecular weight excluding hydrogens is 322 g/mol. The lowest BCUT2D eigenvalue weighted by Gasteiger charge is -2.36. The first kappa shape index (κ1) is 16.7. The molecule has 0 aromatic heterocycles. The van der Waals surface area contributed by atoms with Gasteiger partial charge in [0.15, 0.2) is 0 Å². The van der Waals surface area contributed by atoms with Crippen LogP contribution in [0.15, 0.2) is 42.5 Å². The Morgan fingerprint density at radius 2 is 2.04 bits per heavy atom. The summed E-state index contributed by atoms with van der Waals surface area (Å²) in [5.74, 6) is -0.225. The molecule has 0 radical (unpaired) electrons. The van der Waals surface area contributed by atoms with Crippen LogP contribution in [0.25, 0.3) is 0 Å². The van der Waals surface area contributed by atoms with E-state index in [1.54, 1.807) is 24.3 Å². The predicted molar refractivity (Wildman–Crippen MR) is 101 cm³/mol. The quantitative estimate of drug-likeness (QED) is 0.803. The molecule has 4 nitrogen and oxygen atoms in total. The predicted octanol–water partition coefficient (Wildman–Crippen LogP) is 4.55. The van der Waals surface area contributed by atoms with Crippen LogP contribution in [-0.4, -0.2) is 18.5 Å². The maximum absolute atomic E-state index is 12.6. The van der Waals surface area contributed by atoms with Gasteiger partial charge in [-0.25, -0.2) is 0 Å². The summed E-state index contributed by atoms with van der Waals surface area (Å²) >= 11 is 6.13. The number of hydrogen-bond acceptors (Lipinski definition) is 3. The summed E-state index contributed by atoms with van der Waals surface area (Å²) in [5, 5.41) is 3.42. The number of nitrogen functional groups attached to an aromatic ring is 1. The van der Waals surface area contributed by atoms with Crippen molar-refractivity contribution in [2.24, 2.45) is 0 Å². The van der Waals surface area contributed by atoms with Gasteiger partial charge < -0.3 is 16.0 Å². The highest BCUT2D eigenvalue weighted by molar-refractivity contribution is 6.34. The van der Waals surface area contributed by atoms with E-state index in [-0.39, 0.29) is 5.91 Å². The maximum atomic E-state index is 12.6. The molecule has 24 heavy (non-hydrogen) atoms. The summed E-state index contributed by atoms with van der Waals surface area (Å²) in [4.78, 5) is 14.9. The minimum absolute atomic E-state index is 0.225. The maximum Gasteiger partial charge on any atom is 0.257 e. The van der Waals surface area contributed by atoms with Crippen LogP contribution in [0.4, 0.5) is 17.1 Å². The van der Waals surface area contributed by atoms with E-state index in [1.807, 2.05) is 18.2 Å². The number of nitrogens with two attached hydrogens (primary N) is 1. The lowest BCUT2D eigenvalue weighted by Crippen LogP contribution is -2.38. The third-order valence-electron chi connectivity index (χ3n) is 4.50. The Morgan fingerprint density at radius 1 is 1.25 bits per heavy atom. The molecular formula is C19H22ClN3O. The molecule has 0 aliphatic carbocycles. The fourth-order valence-electron chi connectivity index (χ4n) is 3.20. The molecule has 5 heteroatoms. The highest BCUT2D eigenvalue weighted by atomic mass is 35.5. The third-order valence-corrected chi connectivity index (χ3v) is 4.83. The highest BCUT2D eigenvalue weighted by Crippen LogP contribution is 2.33. The number of nitrogens with zero attached hydrogens (tertiary/aromatic N) is 1. The number of rotatable bonds is 3. The number of anilines is 3. The molecule has 1 heterocycles. The minimum atomic E-state index is -0.225. The zero-order valence-electron chi connectivity index (χ0n) is 13.8. The van der Waals surface area contributed by atoms with Gasteiger partial charge in [-0.2, -0.15) is 0 Å². The summed E-state index contributed by atoms with van der Waals surface area (Å²) in [7, 11) is 0. The van der Waals surface area contributed by atoms with Gasteiger partial charge in [0, 0.05) is 18.3 Å². The average Bonchev–Trinajstić information content (AvgIpc) is 2.56. The van der Waals surface area contributed by atoms with Crippen molar-refractivity contribution >= 4 is 34.6 Å². The van der Waals surface area contributed by atoms with Crippen LogP contribution in [-0.2, 0) is 0 Å². The summed E-state index contributed by atoms with van der Waals surface area (Å²) in [6.45, 7) is 3.20. The van der Waals surface area contributed by atoms with Crippen molar-refractivity contribution in [2.45, 2.75) is 32.2 Å². The number of hydrogen-bond donors (Lipinski definition) is 2. The first-order valence-electron chi connectivity index (χ1n) is 8.28. The lowest BCUT2D eigenvalue weighted by atomic mass is 10.0. The van der Waals surface area contributed by atoms with Gasteiger partial charge in [0.05, 0.1) is 22.0 Å². The van der Waals surface area contributed by atoms with Gasteiger partial charge in [0.2, 0.25) is 0 Å². The standard InChI is InChI=1S/C19H22ClN3O/c1-13-6-4-5-11-23(13)18-10-9-14(21)12-17(18)22-19(24)15-7-2-3-8-16(15)20/h2-3,7-10,12-13H,4-6,11,21H2,1H3,(H,22,24)/t13-/m0/s1. The van der Waals surface area contributed by atoms with Crippen molar-refractivity contribution in [3.8, 4) is 0 Å². The van der Waals surface area contributed by atoms with Gasteiger partial charge in [-0.05, 0) is 56.5 Å². The van der Waals surface area contributed by atoms with Crippen LogP contribution in [0.2, 0.25) is 5.02 Å². The Bertz CT molecular complexity index is 747. The molecule has 1 atom stereocenters. The Labute approximate surface area is 147 Å². The molecule has 1 amide bonds. The van der Waals surface area contributed by atoms with Gasteiger partial charge in [-0.15, -0.1) is 0 Å². The molecule has 1 saturated heterocycles. The molecule has 0 spiro atoms. The molecule has 1 fully saturated rings. The number of benzene rings is 2. The zero-order valence-corrected chi connectivity index (χ0v) is 14.5. The minimum Gasteiger partial charge on any atom is -0.399 e. The Balaban J connectivity index is 1.91. The van der Waals surface area contributed by atoms with Crippen molar-refractivity contribution in [2.75, 3.05) is 22.5 Å². The number of piperidine rings is 1. The summed E-state index contributed by atoms with van der Waals surface area (Å²) in [5.41, 5.74) is 8.76. The average molecular weight is 344 g/mol. The van der Waals surface area contributed by atoms with Crippen molar-refractivity contribution in [3.63, 3.8) is 0 Å². The van der Waals surface area contributed by atoms with Crippen LogP contribution in [0.3, 0.4) is 0 Å². The zero-order chi connectivity index (χ0) is 17.1. The van der Waals surface area contributed by atoms with Gasteiger partial charge in [-0.1, -0.05) is 23.7 Å². The molecule has 0 saturated carbocycles. The molecule has 2 aromatic carbocycles. The van der Waals surface area contributed by atoms with E-state index in [1.165, 1.54) is 6.42 Å². The molecule has 1 aliphatic rings. The smallest absolute Gasteiger partial charge is 0.257 e. The van der Waals surface area contributed by atoms with E-state index < -0.39 is 0 Å². The number of amides is 1. The van der Waals surface area contributed by atoms with Crippen LogP contribution in [0, 0.1) is 0 Å². The second kappa shape index (κ2) is 7.14. The van der Waals surface area contributed by atoms with Crippen LogP contribution < -0.4 is 16.0 Å². The van der Waals surface area contributed by atoms with Crippen LogP contribution in [0.1, 0.15) is 36.5 Å². The van der Waals surface area contributed by atoms with Crippen molar-refractivity contribution in [1.82, 2.24) is 0 Å². The van der Waals surface area contributed by atoms with E-state index in [0.29, 0.717) is 22.3 Å². The molecule has 3 rings (SSSR count). The summed E-state index contributed by atoms with van der Waals surface area (Å²) < 4.78 is 0. The topological polar surface area (TPSA) is 58.4 Å². The monoisotopic (exact) mass is 343 g/mol. The summed E-state index contributed by atoms with van der Waals surface area (Å²) in [6, 6.07) is 13.1. The number of nitrogens with one attached hydrogen (secondary N) is 1. The largest absolute Gasteiger partial charge is 0.399 e. The summed E-state index contributed by atoms with van der Waals surface area (Å²) in [6.07, 6.45) is 3.56. The number of carbonyl (C=O) groups excluding carboxylic acids is 1. The second-order valence-electron chi connectivity index (χ2n) is 6.25. The van der Waals surface area contributed by atoms with Crippen molar-refractivity contribution < 1.29 is 4.79 Å². The Morgan fingerprint density at radius 3 is 2.79 bits per heavy atom. The fourth-order valence-corrected chi connectivity index (χ4v) is 3.42. The molecule has 0 bridgehead atoms. The lowest BCUT2D eigenvalue weighted by molar-refractivity contribution is 0.102.